The Labute approximate surface area is 140 Å². The number of carbonyl (C=O) groups excluding carboxylic acids is 1. The third kappa shape index (κ3) is 3.31. The van der Waals surface area contributed by atoms with E-state index in [4.69, 9.17) is 0 Å². The highest BCUT2D eigenvalue weighted by Gasteiger charge is 2.22. The minimum atomic E-state index is -0.953. The lowest BCUT2D eigenvalue weighted by molar-refractivity contribution is 0.0855. The summed E-state index contributed by atoms with van der Waals surface area (Å²) in [5.74, 6) is -0.725. The van der Waals surface area contributed by atoms with Crippen LogP contribution in [0, 0.1) is 5.82 Å². The molecule has 7 nitrogen and oxygen atoms in total. The minimum Gasteiger partial charge on any atom is -0.386 e. The number of aliphatic hydroxyl groups is 1. The Morgan fingerprint density at radius 1 is 1.33 bits per heavy atom. The van der Waals surface area contributed by atoms with Crippen molar-refractivity contribution in [1.82, 2.24) is 25.5 Å². The highest BCUT2D eigenvalue weighted by molar-refractivity contribution is 7.12. The van der Waals surface area contributed by atoms with Crippen LogP contribution in [-0.2, 0) is 0 Å². The first kappa shape index (κ1) is 16.2. The van der Waals surface area contributed by atoms with Gasteiger partial charge in [-0.3, -0.25) is 4.79 Å². The zero-order chi connectivity index (χ0) is 17.1. The number of nitrogens with zero attached hydrogens (tertiary/aromatic N) is 4. The van der Waals surface area contributed by atoms with E-state index in [0.717, 1.165) is 0 Å². The van der Waals surface area contributed by atoms with Gasteiger partial charge in [-0.2, -0.15) is 4.68 Å². The molecule has 2 atom stereocenters. The molecule has 0 spiro atoms. The normalized spacial score (nSPS) is 13.5. The lowest BCUT2D eigenvalue weighted by atomic mass is 10.0. The van der Waals surface area contributed by atoms with E-state index < -0.39 is 12.1 Å². The molecule has 2 N–H and O–H groups in total. The summed E-state index contributed by atoms with van der Waals surface area (Å²) in [7, 11) is 0. The smallest absolute Gasteiger partial charge is 0.263 e. The molecule has 2 unspecified atom stereocenters. The number of hydrogen-bond acceptors (Lipinski definition) is 6. The van der Waals surface area contributed by atoms with Crippen LogP contribution in [0.2, 0.25) is 0 Å². The second-order valence-electron chi connectivity index (χ2n) is 5.15. The van der Waals surface area contributed by atoms with Crippen LogP contribution < -0.4 is 5.32 Å². The summed E-state index contributed by atoms with van der Waals surface area (Å²) in [6, 6.07) is 6.67. The zero-order valence-corrected chi connectivity index (χ0v) is 13.4. The number of aromatic nitrogens is 4. The second-order valence-corrected chi connectivity index (χ2v) is 6.06. The van der Waals surface area contributed by atoms with Crippen molar-refractivity contribution in [3.05, 3.63) is 58.3 Å². The van der Waals surface area contributed by atoms with Crippen molar-refractivity contribution >= 4 is 17.2 Å². The lowest BCUT2D eigenvalue weighted by Crippen LogP contribution is -2.37. The van der Waals surface area contributed by atoms with Gasteiger partial charge in [0.05, 0.1) is 17.8 Å². The number of tetrazole rings is 1. The van der Waals surface area contributed by atoms with Gasteiger partial charge in [0.15, 0.2) is 0 Å². The van der Waals surface area contributed by atoms with Crippen molar-refractivity contribution in [2.75, 3.05) is 0 Å². The molecule has 0 radical (unpaired) electrons. The number of halogens is 1. The molecule has 0 aliphatic rings. The number of aliphatic hydroxyl groups excluding tert-OH is 1. The highest BCUT2D eigenvalue weighted by atomic mass is 32.1. The average Bonchev–Trinajstić information content (AvgIpc) is 3.25. The van der Waals surface area contributed by atoms with Crippen molar-refractivity contribution in [1.29, 1.82) is 0 Å². The van der Waals surface area contributed by atoms with Gasteiger partial charge in [-0.1, -0.05) is 12.1 Å². The van der Waals surface area contributed by atoms with Gasteiger partial charge < -0.3 is 10.4 Å². The third-order valence-electron chi connectivity index (χ3n) is 3.49. The maximum Gasteiger partial charge on any atom is 0.263 e. The van der Waals surface area contributed by atoms with Crippen LogP contribution in [0.3, 0.4) is 0 Å². The van der Waals surface area contributed by atoms with E-state index in [0.29, 0.717) is 16.1 Å². The molecule has 2 aromatic heterocycles. The van der Waals surface area contributed by atoms with Gasteiger partial charge in [-0.15, -0.1) is 16.4 Å². The van der Waals surface area contributed by atoms with E-state index in [-0.39, 0.29) is 11.7 Å². The van der Waals surface area contributed by atoms with Crippen molar-refractivity contribution < 1.29 is 14.3 Å². The highest BCUT2D eigenvalue weighted by Crippen LogP contribution is 2.22. The largest absolute Gasteiger partial charge is 0.386 e. The number of amides is 1. The fourth-order valence-corrected chi connectivity index (χ4v) is 3.01. The third-order valence-corrected chi connectivity index (χ3v) is 4.39. The molecule has 1 aromatic carbocycles. The molecule has 9 heteroatoms. The predicted molar refractivity (Wildman–Crippen MR) is 85.3 cm³/mol. The van der Waals surface area contributed by atoms with E-state index >= 15 is 0 Å². The number of nitrogens with one attached hydrogen (secondary N) is 1. The Hall–Kier alpha value is -2.65. The van der Waals surface area contributed by atoms with Gasteiger partial charge >= 0.3 is 0 Å². The summed E-state index contributed by atoms with van der Waals surface area (Å²) >= 11 is 1.25. The molecule has 0 saturated carbocycles. The van der Waals surface area contributed by atoms with E-state index in [2.05, 4.69) is 20.8 Å². The molecule has 0 aliphatic carbocycles. The summed E-state index contributed by atoms with van der Waals surface area (Å²) in [6.45, 7) is 1.68. The molecule has 0 fully saturated rings. The topological polar surface area (TPSA) is 92.9 Å². The molecular formula is C15H14FN5O2S. The summed E-state index contributed by atoms with van der Waals surface area (Å²) in [5, 5.41) is 25.7. The Bertz CT molecular complexity index is 819. The first-order valence-electron chi connectivity index (χ1n) is 7.11. The van der Waals surface area contributed by atoms with Gasteiger partial charge in [-0.05, 0) is 46.5 Å². The van der Waals surface area contributed by atoms with Crippen molar-refractivity contribution in [2.24, 2.45) is 0 Å². The Kier molecular flexibility index (Phi) is 4.63. The van der Waals surface area contributed by atoms with Gasteiger partial charge in [0.2, 0.25) is 0 Å². The second kappa shape index (κ2) is 6.85. The fourth-order valence-electron chi connectivity index (χ4n) is 2.22. The quantitative estimate of drug-likeness (QED) is 0.733. The standard InChI is InChI=1S/C15H14FN5O2S/c1-9(13(22)10-2-4-11(16)5-3-10)18-15(23)14-12(6-7-24-14)21-8-17-19-20-21/h2-9,13,22H,1H3,(H,18,23). The maximum atomic E-state index is 13.0. The minimum absolute atomic E-state index is 0.343. The molecule has 0 saturated heterocycles. The van der Waals surface area contributed by atoms with Gasteiger partial charge in [0.1, 0.15) is 17.0 Å². The summed E-state index contributed by atoms with van der Waals surface area (Å²) in [6.07, 6.45) is 0.446. The van der Waals surface area contributed by atoms with Crippen molar-refractivity contribution in [3.63, 3.8) is 0 Å². The first-order valence-corrected chi connectivity index (χ1v) is 7.99. The Morgan fingerprint density at radius 3 is 2.75 bits per heavy atom. The summed E-state index contributed by atoms with van der Waals surface area (Å²) in [4.78, 5) is 12.9. The SMILES string of the molecule is CC(NC(=O)c1sccc1-n1cnnn1)C(O)c1ccc(F)cc1. The Balaban J connectivity index is 1.73. The number of rotatable bonds is 5. The van der Waals surface area contributed by atoms with Crippen LogP contribution in [0.15, 0.2) is 42.0 Å². The predicted octanol–water partition coefficient (Wildman–Crippen LogP) is 1.71. The Morgan fingerprint density at radius 2 is 2.08 bits per heavy atom. The molecule has 2 heterocycles. The monoisotopic (exact) mass is 347 g/mol. The van der Waals surface area contributed by atoms with E-state index in [9.17, 15) is 14.3 Å². The molecule has 1 amide bonds. The van der Waals surface area contributed by atoms with Crippen LogP contribution >= 0.6 is 11.3 Å². The molecule has 0 bridgehead atoms. The maximum absolute atomic E-state index is 13.0. The van der Waals surface area contributed by atoms with Crippen molar-refractivity contribution in [2.45, 2.75) is 19.1 Å². The van der Waals surface area contributed by atoms with Gasteiger partial charge in [0, 0.05) is 0 Å². The lowest BCUT2D eigenvalue weighted by Gasteiger charge is -2.20. The molecular weight excluding hydrogens is 333 g/mol. The number of benzene rings is 1. The molecule has 0 aliphatic heterocycles. The van der Waals surface area contributed by atoms with E-state index in [1.165, 1.54) is 46.6 Å². The molecule has 24 heavy (non-hydrogen) atoms. The fraction of sp³-hybridized carbons (Fsp3) is 0.200. The van der Waals surface area contributed by atoms with Crippen LogP contribution in [0.4, 0.5) is 4.39 Å². The van der Waals surface area contributed by atoms with E-state index in [1.807, 2.05) is 0 Å². The summed E-state index contributed by atoms with van der Waals surface area (Å²) < 4.78 is 14.4. The van der Waals surface area contributed by atoms with Crippen LogP contribution in [0.25, 0.3) is 5.69 Å². The average molecular weight is 347 g/mol. The number of thiophene rings is 1. The van der Waals surface area contributed by atoms with Gasteiger partial charge in [0.25, 0.3) is 5.91 Å². The van der Waals surface area contributed by atoms with Crippen molar-refractivity contribution in [3.8, 4) is 5.69 Å². The van der Waals surface area contributed by atoms with Crippen LogP contribution in [0.5, 0.6) is 0 Å². The number of hydrogen-bond donors (Lipinski definition) is 2. The number of carbonyl (C=O) groups is 1. The summed E-state index contributed by atoms with van der Waals surface area (Å²) in [5.41, 5.74) is 1.09. The van der Waals surface area contributed by atoms with Crippen LogP contribution in [-0.4, -0.2) is 37.3 Å². The van der Waals surface area contributed by atoms with E-state index in [1.54, 1.807) is 18.4 Å². The van der Waals surface area contributed by atoms with Gasteiger partial charge in [-0.25, -0.2) is 4.39 Å². The first-order chi connectivity index (χ1) is 11.6. The molecule has 3 rings (SSSR count). The zero-order valence-electron chi connectivity index (χ0n) is 12.6. The van der Waals surface area contributed by atoms with Crippen LogP contribution in [0.1, 0.15) is 28.3 Å². The molecule has 124 valence electrons. The molecule has 3 aromatic rings.